The van der Waals surface area contributed by atoms with Gasteiger partial charge in [-0.2, -0.15) is 0 Å². The number of rotatable bonds is 2. The van der Waals surface area contributed by atoms with Gasteiger partial charge >= 0.3 is 0 Å². The molecule has 0 aromatic carbocycles. The van der Waals surface area contributed by atoms with Gasteiger partial charge in [-0.1, -0.05) is 0 Å². The van der Waals surface area contributed by atoms with Gasteiger partial charge in [0, 0.05) is 32.1 Å². The topological polar surface area (TPSA) is 43.7 Å². The Balaban J connectivity index is 1.81. The molecule has 2 aliphatic heterocycles. The van der Waals surface area contributed by atoms with Crippen molar-refractivity contribution in [1.82, 2.24) is 9.47 Å². The molecule has 0 aliphatic carbocycles. The number of carbonyl (C=O) groups is 1. The average molecular weight is 264 g/mol. The molecule has 2 fully saturated rings. The SMILES string of the molecule is Cn1cccc1C1COCCN1C(=O)C1CCCO1. The normalized spacial score (nSPS) is 27.7. The molecule has 5 heteroatoms. The maximum Gasteiger partial charge on any atom is 0.252 e. The third kappa shape index (κ3) is 2.40. The van der Waals surface area contributed by atoms with E-state index in [-0.39, 0.29) is 18.1 Å². The third-order valence-corrected chi connectivity index (χ3v) is 3.94. The summed E-state index contributed by atoms with van der Waals surface area (Å²) in [5, 5.41) is 0. The highest BCUT2D eigenvalue weighted by Gasteiger charge is 2.35. The van der Waals surface area contributed by atoms with Gasteiger partial charge in [-0.3, -0.25) is 4.79 Å². The first-order valence-corrected chi connectivity index (χ1v) is 6.88. The monoisotopic (exact) mass is 264 g/mol. The van der Waals surface area contributed by atoms with Gasteiger partial charge in [-0.15, -0.1) is 0 Å². The largest absolute Gasteiger partial charge is 0.377 e. The number of hydrogen-bond acceptors (Lipinski definition) is 3. The summed E-state index contributed by atoms with van der Waals surface area (Å²) in [4.78, 5) is 14.5. The van der Waals surface area contributed by atoms with Crippen LogP contribution in [0.1, 0.15) is 24.6 Å². The lowest BCUT2D eigenvalue weighted by Gasteiger charge is -2.37. The van der Waals surface area contributed by atoms with E-state index in [9.17, 15) is 4.79 Å². The lowest BCUT2D eigenvalue weighted by atomic mass is 10.1. The Labute approximate surface area is 113 Å². The second kappa shape index (κ2) is 5.35. The molecule has 1 amide bonds. The van der Waals surface area contributed by atoms with Crippen molar-refractivity contribution in [2.75, 3.05) is 26.4 Å². The van der Waals surface area contributed by atoms with E-state index in [1.807, 2.05) is 24.2 Å². The second-order valence-corrected chi connectivity index (χ2v) is 5.17. The maximum absolute atomic E-state index is 12.6. The average Bonchev–Trinajstić information content (AvgIpc) is 3.09. The van der Waals surface area contributed by atoms with Crippen molar-refractivity contribution < 1.29 is 14.3 Å². The van der Waals surface area contributed by atoms with E-state index in [0.717, 1.165) is 18.5 Å². The Bertz CT molecular complexity index is 451. The fraction of sp³-hybridized carbons (Fsp3) is 0.643. The predicted octanol–water partition coefficient (Wildman–Crippen LogP) is 1.10. The summed E-state index contributed by atoms with van der Waals surface area (Å²) in [5.41, 5.74) is 1.12. The number of morpholine rings is 1. The zero-order chi connectivity index (χ0) is 13.2. The van der Waals surface area contributed by atoms with E-state index >= 15 is 0 Å². The summed E-state index contributed by atoms with van der Waals surface area (Å²) in [6, 6.07) is 4.05. The lowest BCUT2D eigenvalue weighted by Crippen LogP contribution is -2.48. The molecule has 0 radical (unpaired) electrons. The molecule has 0 saturated carbocycles. The Morgan fingerprint density at radius 3 is 3.00 bits per heavy atom. The van der Waals surface area contributed by atoms with Gasteiger partial charge in [0.05, 0.1) is 19.3 Å². The number of amides is 1. The minimum absolute atomic E-state index is 0.00505. The molecule has 0 spiro atoms. The minimum atomic E-state index is -0.249. The fourth-order valence-corrected chi connectivity index (χ4v) is 2.89. The third-order valence-electron chi connectivity index (χ3n) is 3.94. The van der Waals surface area contributed by atoms with Gasteiger partial charge < -0.3 is 18.9 Å². The first-order valence-electron chi connectivity index (χ1n) is 6.88. The molecule has 0 bridgehead atoms. The molecule has 2 aliphatic rings. The van der Waals surface area contributed by atoms with Gasteiger partial charge in [-0.05, 0) is 25.0 Å². The summed E-state index contributed by atoms with van der Waals surface area (Å²) >= 11 is 0. The molecule has 19 heavy (non-hydrogen) atoms. The van der Waals surface area contributed by atoms with Crippen LogP contribution >= 0.6 is 0 Å². The summed E-state index contributed by atoms with van der Waals surface area (Å²) in [7, 11) is 2.00. The van der Waals surface area contributed by atoms with Crippen LogP contribution in [-0.4, -0.2) is 47.8 Å². The van der Waals surface area contributed by atoms with Crippen molar-refractivity contribution in [2.24, 2.45) is 7.05 Å². The van der Waals surface area contributed by atoms with Crippen molar-refractivity contribution >= 4 is 5.91 Å². The number of aromatic nitrogens is 1. The number of nitrogens with zero attached hydrogens (tertiary/aromatic N) is 2. The Morgan fingerprint density at radius 1 is 1.42 bits per heavy atom. The van der Waals surface area contributed by atoms with E-state index in [2.05, 4.69) is 10.6 Å². The van der Waals surface area contributed by atoms with Crippen LogP contribution in [0.3, 0.4) is 0 Å². The summed E-state index contributed by atoms with van der Waals surface area (Å²) in [6.07, 6.45) is 3.57. The number of carbonyl (C=O) groups excluding carboxylic acids is 1. The van der Waals surface area contributed by atoms with Gasteiger partial charge in [0.1, 0.15) is 6.10 Å². The van der Waals surface area contributed by atoms with Crippen LogP contribution in [0.4, 0.5) is 0 Å². The quantitative estimate of drug-likeness (QED) is 0.803. The summed E-state index contributed by atoms with van der Waals surface area (Å²) in [6.45, 7) is 2.53. The van der Waals surface area contributed by atoms with Crippen molar-refractivity contribution in [2.45, 2.75) is 25.0 Å². The van der Waals surface area contributed by atoms with Crippen LogP contribution in [0.2, 0.25) is 0 Å². The molecule has 104 valence electrons. The van der Waals surface area contributed by atoms with E-state index in [1.54, 1.807) is 0 Å². The first kappa shape index (κ1) is 12.7. The van der Waals surface area contributed by atoms with Crippen molar-refractivity contribution in [3.05, 3.63) is 24.0 Å². The minimum Gasteiger partial charge on any atom is -0.377 e. The summed E-state index contributed by atoms with van der Waals surface area (Å²) < 4.78 is 13.1. The molecule has 3 rings (SSSR count). The van der Waals surface area contributed by atoms with Crippen LogP contribution in [0, 0.1) is 0 Å². The van der Waals surface area contributed by atoms with Gasteiger partial charge in [0.15, 0.2) is 0 Å². The molecule has 1 aromatic heterocycles. The highest BCUT2D eigenvalue weighted by atomic mass is 16.5. The number of ether oxygens (including phenoxy) is 2. The molecule has 2 unspecified atom stereocenters. The van der Waals surface area contributed by atoms with Crippen molar-refractivity contribution in [3.63, 3.8) is 0 Å². The van der Waals surface area contributed by atoms with Gasteiger partial charge in [0.2, 0.25) is 0 Å². The van der Waals surface area contributed by atoms with E-state index in [1.165, 1.54) is 0 Å². The van der Waals surface area contributed by atoms with Crippen LogP contribution in [0.15, 0.2) is 18.3 Å². The van der Waals surface area contributed by atoms with Crippen LogP contribution in [0.5, 0.6) is 0 Å². The molecular weight excluding hydrogens is 244 g/mol. The van der Waals surface area contributed by atoms with Gasteiger partial charge in [-0.25, -0.2) is 0 Å². The molecule has 2 saturated heterocycles. The molecular formula is C14H20N2O3. The number of aryl methyl sites for hydroxylation is 1. The predicted molar refractivity (Wildman–Crippen MR) is 69.7 cm³/mol. The molecule has 3 heterocycles. The smallest absolute Gasteiger partial charge is 0.252 e. The lowest BCUT2D eigenvalue weighted by molar-refractivity contribution is -0.150. The highest BCUT2D eigenvalue weighted by molar-refractivity contribution is 5.81. The van der Waals surface area contributed by atoms with E-state index in [4.69, 9.17) is 9.47 Å². The Morgan fingerprint density at radius 2 is 2.32 bits per heavy atom. The van der Waals surface area contributed by atoms with Crippen molar-refractivity contribution in [3.8, 4) is 0 Å². The highest BCUT2D eigenvalue weighted by Crippen LogP contribution is 2.27. The number of hydrogen-bond donors (Lipinski definition) is 0. The van der Waals surface area contributed by atoms with E-state index < -0.39 is 0 Å². The van der Waals surface area contributed by atoms with Crippen LogP contribution in [-0.2, 0) is 21.3 Å². The molecule has 5 nitrogen and oxygen atoms in total. The molecule has 0 N–H and O–H groups in total. The zero-order valence-electron chi connectivity index (χ0n) is 11.2. The second-order valence-electron chi connectivity index (χ2n) is 5.17. The van der Waals surface area contributed by atoms with Gasteiger partial charge in [0.25, 0.3) is 5.91 Å². The van der Waals surface area contributed by atoms with Crippen LogP contribution < -0.4 is 0 Å². The fourth-order valence-electron chi connectivity index (χ4n) is 2.89. The van der Waals surface area contributed by atoms with Crippen molar-refractivity contribution in [1.29, 1.82) is 0 Å². The van der Waals surface area contributed by atoms with E-state index in [0.29, 0.717) is 26.4 Å². The Kier molecular flexibility index (Phi) is 3.57. The first-order chi connectivity index (χ1) is 9.27. The van der Waals surface area contributed by atoms with Crippen LogP contribution in [0.25, 0.3) is 0 Å². The standard InChI is InChI=1S/C14H20N2O3/c1-15-6-2-4-11(15)12-10-18-9-7-16(12)14(17)13-5-3-8-19-13/h2,4,6,12-13H,3,5,7-10H2,1H3. The maximum atomic E-state index is 12.6. The zero-order valence-corrected chi connectivity index (χ0v) is 11.2. The summed E-state index contributed by atoms with van der Waals surface area (Å²) in [5.74, 6) is 0.118. The molecule has 2 atom stereocenters. The molecule has 1 aromatic rings. The Hall–Kier alpha value is -1.33.